The molecule has 1 fully saturated rings. The normalized spacial score (nSPS) is 19.7. The molecule has 0 radical (unpaired) electrons. The molecule has 34 heavy (non-hydrogen) atoms. The second-order valence-corrected chi connectivity index (χ2v) is 8.48. The van der Waals surface area contributed by atoms with Crippen LogP contribution >= 0.6 is 0 Å². The van der Waals surface area contributed by atoms with Gasteiger partial charge < -0.3 is 20.0 Å². The molecule has 1 saturated heterocycles. The number of nitrogens with zero attached hydrogens (tertiary/aromatic N) is 4. The number of aromatic nitrogens is 2. The van der Waals surface area contributed by atoms with Crippen molar-refractivity contribution in [1.29, 1.82) is 0 Å². The van der Waals surface area contributed by atoms with Gasteiger partial charge in [0.25, 0.3) is 0 Å². The number of amides is 2. The van der Waals surface area contributed by atoms with Crippen LogP contribution in [0.15, 0.2) is 30.5 Å². The number of hydrogen-bond donors (Lipinski definition) is 1. The highest BCUT2D eigenvalue weighted by Crippen LogP contribution is 2.31. The van der Waals surface area contributed by atoms with E-state index in [1.54, 1.807) is 6.07 Å². The number of halogens is 2. The number of urea groups is 1. The molecule has 2 aliphatic heterocycles. The largest absolute Gasteiger partial charge is 0.550 e. The van der Waals surface area contributed by atoms with Gasteiger partial charge in [-0.2, -0.15) is 8.78 Å². The van der Waals surface area contributed by atoms with Crippen LogP contribution in [0.2, 0.25) is 0 Å². The number of aryl methyl sites for hydroxylation is 2. The van der Waals surface area contributed by atoms with Gasteiger partial charge in [-0.15, -0.1) is 0 Å². The monoisotopic (exact) mass is 475 g/mol. The van der Waals surface area contributed by atoms with E-state index in [4.69, 9.17) is 4.98 Å². The molecule has 4 heterocycles. The van der Waals surface area contributed by atoms with Gasteiger partial charge in [-0.1, -0.05) is 6.07 Å². The summed E-state index contributed by atoms with van der Waals surface area (Å²) in [7, 11) is 0. The Kier molecular flexibility index (Phi) is 7.20. The molecular weight excluding hydrogens is 448 g/mol. The average Bonchev–Trinajstić information content (AvgIpc) is 3.14. The number of alkyl halides is 2. The third kappa shape index (κ3) is 5.24. The maximum Gasteiger partial charge on any atom is 0.424 e. The fourth-order valence-electron chi connectivity index (χ4n) is 4.59. The van der Waals surface area contributed by atoms with E-state index in [0.29, 0.717) is 38.2 Å². The number of carbonyl (C=O) groups excluding carboxylic acids is 2. The topological polar surface area (TPSA) is 107 Å². The van der Waals surface area contributed by atoms with Crippen LogP contribution in [0, 0.1) is 0 Å². The SMILES string of the molecule is O=C([O-])CCN1CC[N+](CCCc2ccc3c(n2)NCCC3)(c2ccc(OC(F)F)nc2)C1=O. The Morgan fingerprint density at radius 1 is 1.29 bits per heavy atom. The zero-order valence-electron chi connectivity index (χ0n) is 18.7. The molecule has 0 bridgehead atoms. The molecule has 1 N–H and O–H groups in total. The quantitative estimate of drug-likeness (QED) is 0.524. The first kappa shape index (κ1) is 23.8. The van der Waals surface area contributed by atoms with E-state index in [2.05, 4.69) is 21.1 Å². The molecule has 2 aromatic heterocycles. The first-order valence-electron chi connectivity index (χ1n) is 11.4. The van der Waals surface area contributed by atoms with Gasteiger partial charge in [0, 0.05) is 49.7 Å². The van der Waals surface area contributed by atoms with E-state index in [1.807, 2.05) is 6.07 Å². The minimum atomic E-state index is -2.99. The van der Waals surface area contributed by atoms with Gasteiger partial charge in [-0.25, -0.2) is 19.2 Å². The molecule has 1 unspecified atom stereocenters. The number of rotatable bonds is 10. The summed E-state index contributed by atoms with van der Waals surface area (Å²) in [6.45, 7) is -0.807. The van der Waals surface area contributed by atoms with Crippen molar-refractivity contribution in [1.82, 2.24) is 19.4 Å². The van der Waals surface area contributed by atoms with Gasteiger partial charge in [0.2, 0.25) is 5.88 Å². The summed E-state index contributed by atoms with van der Waals surface area (Å²) >= 11 is 0. The smallest absolute Gasteiger partial charge is 0.424 e. The number of quaternary nitrogens is 1. The third-order valence-corrected chi connectivity index (χ3v) is 6.32. The standard InChI is InChI=1S/C23H27F2N5O4/c24-22(25)34-19-8-7-18(15-27-19)30(14-12-29(23(30)33)11-9-20(31)32)13-2-4-17-6-5-16-3-1-10-26-21(16)28-17/h5-8,15,22H,1-4,9-14H2,(H-,26,28,31,32). The van der Waals surface area contributed by atoms with Crippen molar-refractivity contribution < 1.29 is 28.2 Å². The third-order valence-electron chi connectivity index (χ3n) is 6.32. The zero-order valence-corrected chi connectivity index (χ0v) is 18.7. The van der Waals surface area contributed by atoms with Crippen LogP contribution in [-0.4, -0.2) is 66.2 Å². The highest BCUT2D eigenvalue weighted by atomic mass is 19.3. The molecule has 2 aromatic rings. The molecule has 0 aliphatic carbocycles. The Bertz CT molecular complexity index is 1040. The summed E-state index contributed by atoms with van der Waals surface area (Å²) in [5, 5.41) is 14.2. The Labute approximate surface area is 196 Å². The summed E-state index contributed by atoms with van der Waals surface area (Å²) in [6, 6.07) is 6.72. The summed E-state index contributed by atoms with van der Waals surface area (Å²) in [6.07, 6.45) is 4.50. The van der Waals surface area contributed by atoms with Crippen molar-refractivity contribution in [3.8, 4) is 5.88 Å². The molecule has 0 saturated carbocycles. The van der Waals surface area contributed by atoms with Crippen LogP contribution in [0.3, 0.4) is 0 Å². The number of fused-ring (bicyclic) bond motifs is 1. The van der Waals surface area contributed by atoms with Crippen molar-refractivity contribution in [2.24, 2.45) is 0 Å². The number of hydrogen-bond acceptors (Lipinski definition) is 7. The lowest BCUT2D eigenvalue weighted by atomic mass is 10.1. The van der Waals surface area contributed by atoms with Crippen molar-refractivity contribution in [3.63, 3.8) is 0 Å². The van der Waals surface area contributed by atoms with Crippen LogP contribution < -0.4 is 19.6 Å². The Morgan fingerprint density at radius 3 is 2.88 bits per heavy atom. The molecule has 182 valence electrons. The number of carboxylic acid groups (broad SMARTS) is 1. The summed E-state index contributed by atoms with van der Waals surface area (Å²) in [4.78, 5) is 34.5. The Morgan fingerprint density at radius 2 is 2.15 bits per heavy atom. The van der Waals surface area contributed by atoms with Gasteiger partial charge in [0.05, 0.1) is 19.3 Å². The number of carbonyl (C=O) groups is 2. The minimum Gasteiger partial charge on any atom is -0.550 e. The number of nitrogens with one attached hydrogen (secondary N) is 1. The lowest BCUT2D eigenvalue weighted by Gasteiger charge is -2.30. The second-order valence-electron chi connectivity index (χ2n) is 8.48. The fraction of sp³-hybridized carbons (Fsp3) is 0.478. The molecule has 0 aromatic carbocycles. The van der Waals surface area contributed by atoms with Crippen molar-refractivity contribution in [3.05, 3.63) is 41.7 Å². The van der Waals surface area contributed by atoms with E-state index in [-0.39, 0.29) is 29.4 Å². The molecule has 1 atom stereocenters. The lowest BCUT2D eigenvalue weighted by molar-refractivity contribution is -0.305. The summed E-state index contributed by atoms with van der Waals surface area (Å²) < 4.78 is 29.3. The van der Waals surface area contributed by atoms with Crippen LogP contribution in [0.4, 0.5) is 25.1 Å². The van der Waals surface area contributed by atoms with E-state index >= 15 is 0 Å². The van der Waals surface area contributed by atoms with Gasteiger partial charge in [-0.3, -0.25) is 4.90 Å². The van der Waals surface area contributed by atoms with Gasteiger partial charge in [0.1, 0.15) is 12.4 Å². The van der Waals surface area contributed by atoms with Gasteiger partial charge in [0.15, 0.2) is 5.69 Å². The number of anilines is 1. The highest BCUT2D eigenvalue weighted by molar-refractivity contribution is 5.89. The Balaban J connectivity index is 1.51. The average molecular weight is 475 g/mol. The fourth-order valence-corrected chi connectivity index (χ4v) is 4.59. The van der Waals surface area contributed by atoms with E-state index in [1.165, 1.54) is 22.7 Å². The number of carboxylic acids is 1. The number of ether oxygens (including phenoxy) is 1. The molecular formula is C23H27F2N5O4. The lowest BCUT2D eigenvalue weighted by Crippen LogP contribution is -2.53. The molecule has 9 nitrogen and oxygen atoms in total. The van der Waals surface area contributed by atoms with Crippen LogP contribution in [-0.2, 0) is 17.6 Å². The minimum absolute atomic E-state index is 0.0548. The number of pyridine rings is 2. The number of aliphatic carboxylic acids is 1. The first-order valence-corrected chi connectivity index (χ1v) is 11.4. The predicted molar refractivity (Wildman–Crippen MR) is 118 cm³/mol. The van der Waals surface area contributed by atoms with Crippen LogP contribution in [0.1, 0.15) is 30.5 Å². The molecule has 2 aliphatic rings. The van der Waals surface area contributed by atoms with Crippen molar-refractivity contribution in [2.45, 2.75) is 38.7 Å². The van der Waals surface area contributed by atoms with Gasteiger partial charge in [-0.05, 0) is 30.9 Å². The van der Waals surface area contributed by atoms with Gasteiger partial charge >= 0.3 is 12.6 Å². The predicted octanol–water partition coefficient (Wildman–Crippen LogP) is 1.95. The maximum absolute atomic E-state index is 13.4. The zero-order chi connectivity index (χ0) is 24.1. The van der Waals surface area contributed by atoms with E-state index < -0.39 is 12.6 Å². The Hall–Kier alpha value is -3.34. The van der Waals surface area contributed by atoms with Crippen LogP contribution in [0.5, 0.6) is 5.88 Å². The first-order chi connectivity index (χ1) is 16.4. The summed E-state index contributed by atoms with van der Waals surface area (Å²) in [5.74, 6) is -0.541. The molecule has 2 amide bonds. The van der Waals surface area contributed by atoms with Crippen molar-refractivity contribution in [2.75, 3.05) is 38.0 Å². The molecule has 0 spiro atoms. The van der Waals surface area contributed by atoms with Crippen LogP contribution in [0.25, 0.3) is 0 Å². The molecule has 4 rings (SSSR count). The molecule has 11 heteroatoms. The second kappa shape index (κ2) is 10.3. The van der Waals surface area contributed by atoms with E-state index in [0.717, 1.165) is 30.9 Å². The maximum atomic E-state index is 13.4. The van der Waals surface area contributed by atoms with E-state index in [9.17, 15) is 23.5 Å². The highest BCUT2D eigenvalue weighted by Gasteiger charge is 2.48. The summed E-state index contributed by atoms with van der Waals surface area (Å²) in [5.41, 5.74) is 2.67. The van der Waals surface area contributed by atoms with Crippen molar-refractivity contribution >= 4 is 23.5 Å².